The number of ether oxygens (including phenoxy) is 1. The summed E-state index contributed by atoms with van der Waals surface area (Å²) in [7, 11) is 1.51. The molecule has 0 aliphatic carbocycles. The van der Waals surface area contributed by atoms with Crippen LogP contribution >= 0.6 is 15.9 Å². The summed E-state index contributed by atoms with van der Waals surface area (Å²) in [6.45, 7) is 3.54. The van der Waals surface area contributed by atoms with Crippen molar-refractivity contribution in [3.8, 4) is 0 Å². The normalized spacial score (nSPS) is 10.5. The topological polar surface area (TPSA) is 61.2 Å². The fraction of sp³-hybridized carbons (Fsp3) is 0.267. The lowest BCUT2D eigenvalue weighted by Crippen LogP contribution is -2.29. The molecule has 2 rings (SSSR count). The highest BCUT2D eigenvalue weighted by atomic mass is 79.9. The van der Waals surface area contributed by atoms with Crippen LogP contribution in [0.4, 0.5) is 0 Å². The van der Waals surface area contributed by atoms with Gasteiger partial charge in [0.15, 0.2) is 0 Å². The minimum atomic E-state index is -0.630. The van der Waals surface area contributed by atoms with Gasteiger partial charge in [-0.05, 0) is 25.5 Å². The second-order valence-corrected chi connectivity index (χ2v) is 5.54. The minimum Gasteiger partial charge on any atom is -0.457 e. The van der Waals surface area contributed by atoms with Gasteiger partial charge in [-0.3, -0.25) is 4.79 Å². The number of aromatic nitrogens is 2. The summed E-state index contributed by atoms with van der Waals surface area (Å²) >= 11 is 3.39. The summed E-state index contributed by atoms with van der Waals surface area (Å²) in [5, 5.41) is 4.04. The predicted octanol–water partition coefficient (Wildman–Crippen LogP) is 2.52. The number of esters is 1. The van der Waals surface area contributed by atoms with Gasteiger partial charge in [0, 0.05) is 17.1 Å². The molecule has 2 aromatic rings. The predicted molar refractivity (Wildman–Crippen MR) is 82.2 cm³/mol. The van der Waals surface area contributed by atoms with Crippen LogP contribution in [0.25, 0.3) is 0 Å². The first kappa shape index (κ1) is 15.4. The number of aryl methyl sites for hydroxylation is 2. The SMILES string of the molecule is Cc1nn(C)c(=O)c(C(=O)OCc2ccccc2Br)c1C. The Balaban J connectivity index is 2.26. The fourth-order valence-corrected chi connectivity index (χ4v) is 2.32. The third-order valence-corrected chi connectivity index (χ3v) is 4.02. The molecule has 0 aliphatic rings. The summed E-state index contributed by atoms with van der Waals surface area (Å²) in [5.41, 5.74) is 1.61. The molecule has 0 amide bonds. The van der Waals surface area contributed by atoms with E-state index in [2.05, 4.69) is 21.0 Å². The molecule has 1 aromatic heterocycles. The van der Waals surface area contributed by atoms with Gasteiger partial charge in [-0.2, -0.15) is 5.10 Å². The van der Waals surface area contributed by atoms with Gasteiger partial charge >= 0.3 is 5.97 Å². The Morgan fingerprint density at radius 2 is 2.00 bits per heavy atom. The van der Waals surface area contributed by atoms with Crippen molar-refractivity contribution in [3.63, 3.8) is 0 Å². The highest BCUT2D eigenvalue weighted by Crippen LogP contribution is 2.17. The van der Waals surface area contributed by atoms with E-state index >= 15 is 0 Å². The molecule has 0 N–H and O–H groups in total. The van der Waals surface area contributed by atoms with Crippen molar-refractivity contribution >= 4 is 21.9 Å². The van der Waals surface area contributed by atoms with Gasteiger partial charge in [-0.15, -0.1) is 0 Å². The van der Waals surface area contributed by atoms with E-state index in [4.69, 9.17) is 4.74 Å². The Morgan fingerprint density at radius 3 is 2.67 bits per heavy atom. The number of carbonyl (C=O) groups is 1. The van der Waals surface area contributed by atoms with E-state index in [1.807, 2.05) is 24.3 Å². The van der Waals surface area contributed by atoms with E-state index in [9.17, 15) is 9.59 Å². The smallest absolute Gasteiger partial charge is 0.344 e. The molecule has 0 radical (unpaired) electrons. The second kappa shape index (κ2) is 6.22. The zero-order valence-corrected chi connectivity index (χ0v) is 13.6. The van der Waals surface area contributed by atoms with E-state index in [1.165, 1.54) is 7.05 Å². The molecule has 0 bridgehead atoms. The molecule has 110 valence electrons. The van der Waals surface area contributed by atoms with Crippen LogP contribution in [0.2, 0.25) is 0 Å². The van der Waals surface area contributed by atoms with Crippen LogP contribution in [-0.4, -0.2) is 15.7 Å². The average Bonchev–Trinajstić information content (AvgIpc) is 2.44. The lowest BCUT2D eigenvalue weighted by Gasteiger charge is -2.10. The number of nitrogens with zero attached hydrogens (tertiary/aromatic N) is 2. The van der Waals surface area contributed by atoms with Crippen LogP contribution in [0, 0.1) is 13.8 Å². The van der Waals surface area contributed by atoms with E-state index < -0.39 is 11.5 Å². The molecule has 1 heterocycles. The van der Waals surface area contributed by atoms with Gasteiger partial charge < -0.3 is 4.74 Å². The van der Waals surface area contributed by atoms with Crippen LogP contribution in [0.5, 0.6) is 0 Å². The number of benzene rings is 1. The molecule has 0 fully saturated rings. The van der Waals surface area contributed by atoms with Crippen molar-refractivity contribution in [2.45, 2.75) is 20.5 Å². The quantitative estimate of drug-likeness (QED) is 0.798. The summed E-state index contributed by atoms with van der Waals surface area (Å²) in [4.78, 5) is 24.2. The molecular weight excluding hydrogens is 336 g/mol. The van der Waals surface area contributed by atoms with E-state index in [-0.39, 0.29) is 12.2 Å². The van der Waals surface area contributed by atoms with Crippen LogP contribution in [0.3, 0.4) is 0 Å². The van der Waals surface area contributed by atoms with E-state index in [0.717, 1.165) is 14.7 Å². The zero-order chi connectivity index (χ0) is 15.6. The maximum Gasteiger partial charge on any atom is 0.344 e. The van der Waals surface area contributed by atoms with Crippen molar-refractivity contribution in [3.05, 3.63) is 61.5 Å². The molecule has 0 spiro atoms. The number of hydrogen-bond donors (Lipinski definition) is 0. The number of halogens is 1. The Labute approximate surface area is 130 Å². The van der Waals surface area contributed by atoms with Crippen molar-refractivity contribution in [1.82, 2.24) is 9.78 Å². The molecule has 6 heteroatoms. The Kier molecular flexibility index (Phi) is 4.57. The number of rotatable bonds is 3. The van der Waals surface area contributed by atoms with Crippen LogP contribution in [0.15, 0.2) is 33.5 Å². The average molecular weight is 351 g/mol. The largest absolute Gasteiger partial charge is 0.457 e. The van der Waals surface area contributed by atoms with Crippen molar-refractivity contribution in [2.75, 3.05) is 0 Å². The van der Waals surface area contributed by atoms with Crippen molar-refractivity contribution in [2.24, 2.45) is 7.05 Å². The monoisotopic (exact) mass is 350 g/mol. The molecule has 5 nitrogen and oxygen atoms in total. The first-order valence-corrected chi connectivity index (χ1v) is 7.16. The van der Waals surface area contributed by atoms with Gasteiger partial charge in [0.05, 0.1) is 5.69 Å². The first-order chi connectivity index (χ1) is 9.91. The van der Waals surface area contributed by atoms with Crippen molar-refractivity contribution < 1.29 is 9.53 Å². The lowest BCUT2D eigenvalue weighted by atomic mass is 10.1. The maximum absolute atomic E-state index is 12.2. The molecular formula is C15H15BrN2O3. The minimum absolute atomic E-state index is 0.0389. The summed E-state index contributed by atoms with van der Waals surface area (Å²) in [5.74, 6) is -0.630. The standard InChI is InChI=1S/C15H15BrN2O3/c1-9-10(2)17-18(3)14(19)13(9)15(20)21-8-11-6-4-5-7-12(11)16/h4-7H,8H2,1-3H3. The summed E-state index contributed by atoms with van der Waals surface area (Å²) in [6, 6.07) is 7.44. The molecule has 0 saturated heterocycles. The van der Waals surface area contributed by atoms with Crippen LogP contribution in [-0.2, 0) is 18.4 Å². The highest BCUT2D eigenvalue weighted by Gasteiger charge is 2.19. The molecule has 0 atom stereocenters. The molecule has 0 unspecified atom stereocenters. The third-order valence-electron chi connectivity index (χ3n) is 3.25. The van der Waals surface area contributed by atoms with Gasteiger partial charge in [-0.1, -0.05) is 34.1 Å². The van der Waals surface area contributed by atoms with E-state index in [0.29, 0.717) is 11.3 Å². The molecule has 1 aromatic carbocycles. The van der Waals surface area contributed by atoms with E-state index in [1.54, 1.807) is 13.8 Å². The Bertz CT molecular complexity index is 753. The highest BCUT2D eigenvalue weighted by molar-refractivity contribution is 9.10. The summed E-state index contributed by atoms with van der Waals surface area (Å²) < 4.78 is 7.26. The lowest BCUT2D eigenvalue weighted by molar-refractivity contribution is 0.0467. The van der Waals surface area contributed by atoms with Gasteiger partial charge in [0.1, 0.15) is 12.2 Å². The van der Waals surface area contributed by atoms with Crippen LogP contribution < -0.4 is 5.56 Å². The zero-order valence-electron chi connectivity index (χ0n) is 12.0. The Hall–Kier alpha value is -1.95. The third kappa shape index (κ3) is 3.21. The molecule has 21 heavy (non-hydrogen) atoms. The molecule has 0 aliphatic heterocycles. The van der Waals surface area contributed by atoms with Crippen LogP contribution in [0.1, 0.15) is 27.2 Å². The molecule has 0 saturated carbocycles. The number of carbonyl (C=O) groups excluding carboxylic acids is 1. The van der Waals surface area contributed by atoms with Gasteiger partial charge in [-0.25, -0.2) is 9.48 Å². The first-order valence-electron chi connectivity index (χ1n) is 6.37. The Morgan fingerprint density at radius 1 is 1.33 bits per heavy atom. The van der Waals surface area contributed by atoms with Gasteiger partial charge in [0.25, 0.3) is 5.56 Å². The fourth-order valence-electron chi connectivity index (χ4n) is 1.92. The second-order valence-electron chi connectivity index (χ2n) is 4.68. The maximum atomic E-state index is 12.2. The summed E-state index contributed by atoms with van der Waals surface area (Å²) in [6.07, 6.45) is 0. The van der Waals surface area contributed by atoms with Gasteiger partial charge in [0.2, 0.25) is 0 Å². The van der Waals surface area contributed by atoms with Crippen molar-refractivity contribution in [1.29, 1.82) is 0 Å². The number of hydrogen-bond acceptors (Lipinski definition) is 4.